The van der Waals surface area contributed by atoms with E-state index >= 15 is 0 Å². The van der Waals surface area contributed by atoms with E-state index in [-0.39, 0.29) is 5.84 Å². The molecule has 0 radical (unpaired) electrons. The molecule has 0 bridgehead atoms. The minimum absolute atomic E-state index is 0.119. The predicted molar refractivity (Wildman–Crippen MR) is 80.0 cm³/mol. The number of nitrogen functional groups attached to an aromatic ring is 1. The minimum atomic E-state index is 0.119. The van der Waals surface area contributed by atoms with E-state index in [0.717, 1.165) is 37.2 Å². The van der Waals surface area contributed by atoms with E-state index in [1.807, 2.05) is 7.05 Å². The molecule has 0 fully saturated rings. The fraction of sp³-hybridized carbons (Fsp3) is 0.600. The number of rotatable bonds is 5. The summed E-state index contributed by atoms with van der Waals surface area (Å²) in [6, 6.07) is 2.07. The van der Waals surface area contributed by atoms with Crippen LogP contribution in [0.5, 0.6) is 0 Å². The molecule has 0 aliphatic heterocycles. The molecule has 4 heteroatoms. The van der Waals surface area contributed by atoms with Crippen molar-refractivity contribution in [3.8, 4) is 0 Å². The van der Waals surface area contributed by atoms with Gasteiger partial charge in [0.05, 0.1) is 5.56 Å². The summed E-state index contributed by atoms with van der Waals surface area (Å²) in [7, 11) is 2.04. The van der Waals surface area contributed by atoms with Crippen LogP contribution in [0.3, 0.4) is 0 Å². The Labute approximate surface area is 115 Å². The molecule has 1 heterocycles. The van der Waals surface area contributed by atoms with E-state index in [0.29, 0.717) is 5.92 Å². The van der Waals surface area contributed by atoms with Crippen molar-refractivity contribution in [3.63, 3.8) is 0 Å². The van der Waals surface area contributed by atoms with Gasteiger partial charge < -0.3 is 10.6 Å². The molecule has 0 saturated carbocycles. The summed E-state index contributed by atoms with van der Waals surface area (Å²) in [6.45, 7) is 5.38. The summed E-state index contributed by atoms with van der Waals surface area (Å²) >= 11 is 0. The number of anilines is 1. The zero-order valence-electron chi connectivity index (χ0n) is 12.2. The number of nitrogens with zero attached hydrogens (tertiary/aromatic N) is 2. The van der Waals surface area contributed by atoms with Crippen LogP contribution in [-0.4, -0.2) is 24.4 Å². The van der Waals surface area contributed by atoms with Crippen LogP contribution < -0.4 is 10.6 Å². The van der Waals surface area contributed by atoms with Crippen LogP contribution in [0, 0.1) is 11.3 Å². The number of hydrogen-bond acceptors (Lipinski definition) is 3. The SMILES string of the molecule is CC(C)CCN(C)c1nc2c(cc1C(=N)N)CCC2. The third-order valence-corrected chi connectivity index (χ3v) is 3.72. The number of nitrogens with one attached hydrogen (secondary N) is 1. The van der Waals surface area contributed by atoms with Crippen LogP contribution >= 0.6 is 0 Å². The van der Waals surface area contributed by atoms with Gasteiger partial charge >= 0.3 is 0 Å². The predicted octanol–water partition coefficient (Wildman–Crippen LogP) is 2.34. The Bertz CT molecular complexity index is 479. The van der Waals surface area contributed by atoms with Gasteiger partial charge in [0.15, 0.2) is 0 Å². The van der Waals surface area contributed by atoms with Crippen molar-refractivity contribution in [1.82, 2.24) is 4.98 Å². The van der Waals surface area contributed by atoms with Crippen LogP contribution in [0.15, 0.2) is 6.07 Å². The second-order valence-electron chi connectivity index (χ2n) is 5.84. The van der Waals surface area contributed by atoms with E-state index < -0.39 is 0 Å². The zero-order chi connectivity index (χ0) is 14.0. The van der Waals surface area contributed by atoms with Gasteiger partial charge in [0, 0.05) is 19.3 Å². The van der Waals surface area contributed by atoms with Crippen LogP contribution in [0.1, 0.15) is 43.5 Å². The number of fused-ring (bicyclic) bond motifs is 1. The van der Waals surface area contributed by atoms with Gasteiger partial charge in [-0.3, -0.25) is 5.41 Å². The summed E-state index contributed by atoms with van der Waals surface area (Å²) in [4.78, 5) is 6.89. The Kier molecular flexibility index (Phi) is 4.08. The first-order valence-electron chi connectivity index (χ1n) is 7.07. The van der Waals surface area contributed by atoms with Crippen molar-refractivity contribution in [2.75, 3.05) is 18.5 Å². The Hall–Kier alpha value is -1.58. The summed E-state index contributed by atoms with van der Waals surface area (Å²) in [6.07, 6.45) is 4.41. The topological polar surface area (TPSA) is 66.0 Å². The molecule has 1 aliphatic carbocycles. The highest BCUT2D eigenvalue weighted by Gasteiger charge is 2.19. The molecule has 0 spiro atoms. The van der Waals surface area contributed by atoms with E-state index in [2.05, 4.69) is 24.8 Å². The van der Waals surface area contributed by atoms with Crippen LogP contribution in [0.4, 0.5) is 5.82 Å². The molecular formula is C15H24N4. The molecule has 2 rings (SSSR count). The Morgan fingerprint density at radius 3 is 2.84 bits per heavy atom. The summed E-state index contributed by atoms with van der Waals surface area (Å²) in [5, 5.41) is 7.76. The summed E-state index contributed by atoms with van der Waals surface area (Å²) < 4.78 is 0. The van der Waals surface area contributed by atoms with E-state index in [9.17, 15) is 0 Å². The second kappa shape index (κ2) is 5.59. The molecule has 1 aromatic heterocycles. The minimum Gasteiger partial charge on any atom is -0.384 e. The molecule has 0 saturated heterocycles. The lowest BCUT2D eigenvalue weighted by atomic mass is 10.1. The molecule has 1 aliphatic rings. The van der Waals surface area contributed by atoms with Gasteiger partial charge in [-0.05, 0) is 43.2 Å². The number of hydrogen-bond donors (Lipinski definition) is 2. The van der Waals surface area contributed by atoms with Crippen molar-refractivity contribution in [2.45, 2.75) is 39.5 Å². The quantitative estimate of drug-likeness (QED) is 0.631. The normalized spacial score (nSPS) is 13.7. The molecule has 1 aromatic rings. The molecular weight excluding hydrogens is 236 g/mol. The third-order valence-electron chi connectivity index (χ3n) is 3.72. The maximum absolute atomic E-state index is 7.76. The van der Waals surface area contributed by atoms with Gasteiger partial charge in [0.1, 0.15) is 11.7 Å². The number of nitrogens with two attached hydrogens (primary N) is 1. The average Bonchev–Trinajstić information content (AvgIpc) is 2.81. The fourth-order valence-electron chi connectivity index (χ4n) is 2.51. The second-order valence-corrected chi connectivity index (χ2v) is 5.84. The molecule has 0 unspecified atom stereocenters. The van der Waals surface area contributed by atoms with Crippen molar-refractivity contribution >= 4 is 11.7 Å². The summed E-state index contributed by atoms with van der Waals surface area (Å²) in [5.41, 5.74) is 8.96. The summed E-state index contributed by atoms with van der Waals surface area (Å²) in [5.74, 6) is 1.65. The van der Waals surface area contributed by atoms with E-state index in [1.54, 1.807) is 0 Å². The Balaban J connectivity index is 2.29. The van der Waals surface area contributed by atoms with Gasteiger partial charge in [0.2, 0.25) is 0 Å². The highest BCUT2D eigenvalue weighted by atomic mass is 15.2. The first-order chi connectivity index (χ1) is 8.99. The highest BCUT2D eigenvalue weighted by Crippen LogP contribution is 2.27. The Morgan fingerprint density at radius 2 is 2.21 bits per heavy atom. The van der Waals surface area contributed by atoms with Gasteiger partial charge in [-0.15, -0.1) is 0 Å². The number of amidine groups is 1. The zero-order valence-corrected chi connectivity index (χ0v) is 12.2. The number of aromatic nitrogens is 1. The first kappa shape index (κ1) is 13.8. The smallest absolute Gasteiger partial charge is 0.139 e. The fourth-order valence-corrected chi connectivity index (χ4v) is 2.51. The van der Waals surface area contributed by atoms with Crippen molar-refractivity contribution < 1.29 is 0 Å². The van der Waals surface area contributed by atoms with Crippen LogP contribution in [0.25, 0.3) is 0 Å². The van der Waals surface area contributed by atoms with Gasteiger partial charge in [-0.1, -0.05) is 13.8 Å². The molecule has 0 amide bonds. The highest BCUT2D eigenvalue weighted by molar-refractivity contribution is 5.99. The van der Waals surface area contributed by atoms with E-state index in [4.69, 9.17) is 16.1 Å². The number of aryl methyl sites for hydroxylation is 2. The molecule has 3 N–H and O–H groups in total. The average molecular weight is 260 g/mol. The third kappa shape index (κ3) is 3.06. The number of pyridine rings is 1. The van der Waals surface area contributed by atoms with E-state index in [1.165, 1.54) is 17.7 Å². The molecule has 19 heavy (non-hydrogen) atoms. The monoisotopic (exact) mass is 260 g/mol. The Morgan fingerprint density at radius 1 is 1.47 bits per heavy atom. The van der Waals surface area contributed by atoms with Crippen molar-refractivity contribution in [1.29, 1.82) is 5.41 Å². The van der Waals surface area contributed by atoms with Crippen molar-refractivity contribution in [3.05, 3.63) is 22.9 Å². The lowest BCUT2D eigenvalue weighted by molar-refractivity contribution is 0.583. The van der Waals surface area contributed by atoms with Crippen LogP contribution in [0.2, 0.25) is 0 Å². The molecule has 0 atom stereocenters. The maximum atomic E-state index is 7.76. The van der Waals surface area contributed by atoms with Crippen LogP contribution in [-0.2, 0) is 12.8 Å². The largest absolute Gasteiger partial charge is 0.384 e. The standard InChI is InChI=1S/C15H24N4/c1-10(2)7-8-19(3)15-12(14(16)17)9-11-5-4-6-13(11)18-15/h9-10H,4-8H2,1-3H3,(H3,16,17). The first-order valence-corrected chi connectivity index (χ1v) is 7.07. The van der Waals surface area contributed by atoms with Gasteiger partial charge in [-0.2, -0.15) is 0 Å². The molecule has 4 nitrogen and oxygen atoms in total. The molecule has 104 valence electrons. The van der Waals surface area contributed by atoms with Gasteiger partial charge in [0.25, 0.3) is 0 Å². The maximum Gasteiger partial charge on any atom is 0.139 e. The van der Waals surface area contributed by atoms with Crippen molar-refractivity contribution in [2.24, 2.45) is 11.7 Å². The molecule has 0 aromatic carbocycles. The van der Waals surface area contributed by atoms with Gasteiger partial charge in [-0.25, -0.2) is 4.98 Å². The lowest BCUT2D eigenvalue weighted by Crippen LogP contribution is -2.26. The lowest BCUT2D eigenvalue weighted by Gasteiger charge is -2.22.